The second kappa shape index (κ2) is 4.12. The molecule has 0 atom stereocenters. The third-order valence-corrected chi connectivity index (χ3v) is 0.528. The summed E-state index contributed by atoms with van der Waals surface area (Å²) in [6.45, 7) is 6.49. The highest BCUT2D eigenvalue weighted by Crippen LogP contribution is 1.97. The molecule has 0 heterocycles. The molecule has 0 fully saturated rings. The lowest BCUT2D eigenvalue weighted by Gasteiger charge is -1.92. The Kier molecular flexibility index (Phi) is 3.58. The first-order chi connectivity index (χ1) is 3.85. The van der Waals surface area contributed by atoms with Gasteiger partial charge in [-0.1, -0.05) is 13.2 Å². The Hall–Kier alpha value is -1.05. The normalized spacial score (nSPS) is 10.4. The monoisotopic (exact) mass is 114 g/mol. The van der Waals surface area contributed by atoms with Crippen molar-refractivity contribution < 1.29 is 9.13 Å². The summed E-state index contributed by atoms with van der Waals surface area (Å²) in [5, 5.41) is 0. The summed E-state index contributed by atoms with van der Waals surface area (Å²) in [5.41, 5.74) is 0. The highest BCUT2D eigenvalue weighted by Gasteiger charge is 1.83. The van der Waals surface area contributed by atoms with Gasteiger partial charge in [-0.3, -0.25) is 0 Å². The Morgan fingerprint density at radius 1 is 1.50 bits per heavy atom. The second-order valence-electron chi connectivity index (χ2n) is 1.00. The van der Waals surface area contributed by atoms with Crippen LogP contribution in [0.25, 0.3) is 0 Å². The molecule has 0 aromatic rings. The van der Waals surface area contributed by atoms with Crippen molar-refractivity contribution in [3.63, 3.8) is 0 Å². The molecule has 0 N–H and O–H groups in total. The summed E-state index contributed by atoms with van der Waals surface area (Å²) in [7, 11) is 0. The van der Waals surface area contributed by atoms with E-state index in [1.165, 1.54) is 6.08 Å². The second-order valence-corrected chi connectivity index (χ2v) is 1.00. The van der Waals surface area contributed by atoms with Crippen molar-refractivity contribution >= 4 is 0 Å². The Labute approximate surface area is 47.8 Å². The maximum absolute atomic E-state index is 11.4. The fourth-order valence-corrected chi connectivity index (χ4v) is 0.215. The zero-order valence-electron chi connectivity index (χ0n) is 4.43. The minimum Gasteiger partial charge on any atom is -0.463 e. The van der Waals surface area contributed by atoms with Crippen molar-refractivity contribution in [3.05, 3.63) is 37.6 Å². The predicted molar refractivity (Wildman–Crippen MR) is 30.7 cm³/mol. The molecule has 0 saturated carbocycles. The van der Waals surface area contributed by atoms with Gasteiger partial charge in [0.05, 0.1) is 6.26 Å². The van der Waals surface area contributed by atoms with Gasteiger partial charge in [-0.05, 0) is 6.08 Å². The van der Waals surface area contributed by atoms with Crippen molar-refractivity contribution in [1.29, 1.82) is 0 Å². The average molecular weight is 114 g/mol. The Morgan fingerprint density at radius 3 is 2.25 bits per heavy atom. The van der Waals surface area contributed by atoms with Crippen LogP contribution in [0.3, 0.4) is 0 Å². The van der Waals surface area contributed by atoms with Gasteiger partial charge in [-0.25, -0.2) is 4.39 Å². The van der Waals surface area contributed by atoms with Crippen molar-refractivity contribution in [2.75, 3.05) is 0 Å². The number of halogens is 1. The van der Waals surface area contributed by atoms with Gasteiger partial charge in [0.15, 0.2) is 5.76 Å². The van der Waals surface area contributed by atoms with Crippen molar-refractivity contribution in [2.45, 2.75) is 0 Å². The lowest BCUT2D eigenvalue weighted by molar-refractivity contribution is 0.359. The molecule has 0 aliphatic carbocycles. The lowest BCUT2D eigenvalue weighted by atomic mass is 10.5. The molecule has 0 aliphatic heterocycles. The van der Waals surface area contributed by atoms with E-state index in [4.69, 9.17) is 0 Å². The third kappa shape index (κ3) is 2.18. The summed E-state index contributed by atoms with van der Waals surface area (Å²) >= 11 is 0. The number of rotatable bonds is 3. The van der Waals surface area contributed by atoms with Crippen LogP contribution in [0.5, 0.6) is 0 Å². The fraction of sp³-hybridized carbons (Fsp3) is 0. The fourth-order valence-electron chi connectivity index (χ4n) is 0.215. The quantitative estimate of drug-likeness (QED) is 0.403. The van der Waals surface area contributed by atoms with E-state index in [9.17, 15) is 4.39 Å². The van der Waals surface area contributed by atoms with E-state index in [1.807, 2.05) is 0 Å². The van der Waals surface area contributed by atoms with Crippen LogP contribution in [0.1, 0.15) is 0 Å². The smallest absolute Gasteiger partial charge is 0.154 e. The number of hydrogen-bond donors (Lipinski definition) is 0. The van der Waals surface area contributed by atoms with E-state index < -0.39 is 0 Å². The van der Waals surface area contributed by atoms with Crippen LogP contribution in [0, 0.1) is 0 Å². The first kappa shape index (κ1) is 6.95. The van der Waals surface area contributed by atoms with E-state index in [1.54, 1.807) is 0 Å². The molecule has 8 heavy (non-hydrogen) atoms. The molecule has 0 saturated heterocycles. The van der Waals surface area contributed by atoms with E-state index in [2.05, 4.69) is 17.9 Å². The highest BCUT2D eigenvalue weighted by atomic mass is 19.1. The van der Waals surface area contributed by atoms with Crippen LogP contribution in [0.2, 0.25) is 0 Å². The first-order valence-electron chi connectivity index (χ1n) is 2.05. The van der Waals surface area contributed by atoms with Crippen LogP contribution in [0.15, 0.2) is 37.6 Å². The molecule has 44 valence electrons. The molecule has 0 aromatic carbocycles. The van der Waals surface area contributed by atoms with Gasteiger partial charge in [-0.2, -0.15) is 0 Å². The van der Waals surface area contributed by atoms with Crippen molar-refractivity contribution in [3.8, 4) is 0 Å². The minimum absolute atomic E-state index is 0.0694. The SMILES string of the molecule is C=COC(C=C)=CF. The number of ether oxygens (including phenoxy) is 1. The Morgan fingerprint density at radius 2 is 2.12 bits per heavy atom. The maximum Gasteiger partial charge on any atom is 0.154 e. The van der Waals surface area contributed by atoms with Crippen LogP contribution in [-0.4, -0.2) is 0 Å². The van der Waals surface area contributed by atoms with Gasteiger partial charge < -0.3 is 4.74 Å². The zero-order chi connectivity index (χ0) is 6.41. The van der Waals surface area contributed by atoms with Crippen LogP contribution < -0.4 is 0 Å². The molecule has 0 radical (unpaired) electrons. The molecule has 0 rings (SSSR count). The van der Waals surface area contributed by atoms with Gasteiger partial charge in [-0.15, -0.1) is 0 Å². The van der Waals surface area contributed by atoms with Crippen LogP contribution in [-0.2, 0) is 4.74 Å². The molecule has 0 bridgehead atoms. The zero-order valence-corrected chi connectivity index (χ0v) is 4.43. The topological polar surface area (TPSA) is 9.23 Å². The predicted octanol–water partition coefficient (Wildman–Crippen LogP) is 2.14. The maximum atomic E-state index is 11.4. The molecule has 0 aliphatic rings. The van der Waals surface area contributed by atoms with Crippen molar-refractivity contribution in [2.24, 2.45) is 0 Å². The van der Waals surface area contributed by atoms with Gasteiger partial charge in [0.25, 0.3) is 0 Å². The molecule has 1 nitrogen and oxygen atoms in total. The number of allylic oxidation sites excluding steroid dienone is 1. The summed E-state index contributed by atoms with van der Waals surface area (Å²) in [6.07, 6.45) is 2.70. The van der Waals surface area contributed by atoms with E-state index in [0.29, 0.717) is 6.33 Å². The van der Waals surface area contributed by atoms with Crippen molar-refractivity contribution in [1.82, 2.24) is 0 Å². The van der Waals surface area contributed by atoms with E-state index in [0.717, 1.165) is 6.26 Å². The third-order valence-electron chi connectivity index (χ3n) is 0.528. The standard InChI is InChI=1S/C6H7FO/c1-3-6(5-7)8-4-2/h3-5H,1-2H2. The Balaban J connectivity index is 3.71. The lowest BCUT2D eigenvalue weighted by Crippen LogP contribution is -1.74. The van der Waals surface area contributed by atoms with Crippen LogP contribution in [0.4, 0.5) is 4.39 Å². The van der Waals surface area contributed by atoms with Gasteiger partial charge in [0.1, 0.15) is 6.33 Å². The molecule has 0 aromatic heterocycles. The summed E-state index contributed by atoms with van der Waals surface area (Å²) < 4.78 is 15.9. The summed E-state index contributed by atoms with van der Waals surface area (Å²) in [6, 6.07) is 0. The Bertz CT molecular complexity index is 116. The average Bonchev–Trinajstić information content (AvgIpc) is 1.83. The van der Waals surface area contributed by atoms with Crippen LogP contribution >= 0.6 is 0 Å². The molecule has 0 unspecified atom stereocenters. The highest BCUT2D eigenvalue weighted by molar-refractivity contribution is 5.05. The molecular weight excluding hydrogens is 107 g/mol. The number of hydrogen-bond acceptors (Lipinski definition) is 1. The van der Waals surface area contributed by atoms with E-state index in [-0.39, 0.29) is 5.76 Å². The molecule has 0 amide bonds. The minimum atomic E-state index is 0.0694. The summed E-state index contributed by atoms with van der Waals surface area (Å²) in [5.74, 6) is 0.0694. The van der Waals surface area contributed by atoms with Gasteiger partial charge in [0.2, 0.25) is 0 Å². The van der Waals surface area contributed by atoms with Gasteiger partial charge in [0, 0.05) is 0 Å². The van der Waals surface area contributed by atoms with E-state index >= 15 is 0 Å². The molecule has 0 spiro atoms. The largest absolute Gasteiger partial charge is 0.463 e. The first-order valence-corrected chi connectivity index (χ1v) is 2.05. The summed E-state index contributed by atoms with van der Waals surface area (Å²) in [4.78, 5) is 0. The molecular formula is C6H7FO. The van der Waals surface area contributed by atoms with Gasteiger partial charge >= 0.3 is 0 Å². The molecule has 2 heteroatoms.